The second-order valence-corrected chi connectivity index (χ2v) is 18.8. The first-order valence-electron chi connectivity index (χ1n) is 15.4. The molecule has 4 heteroatoms. The summed E-state index contributed by atoms with van der Waals surface area (Å²) in [5.41, 5.74) is 2.55. The van der Waals surface area contributed by atoms with Crippen LogP contribution in [0, 0.1) is 32.5 Å². The zero-order valence-corrected chi connectivity index (χ0v) is 34.2. The van der Waals surface area contributed by atoms with Gasteiger partial charge in [-0.25, -0.2) is 0 Å². The normalized spacial score (nSPS) is 30.6. The quantitative estimate of drug-likeness (QED) is 0.268. The van der Waals surface area contributed by atoms with Gasteiger partial charge in [-0.15, -0.1) is 0 Å². The molecular formula is C36H64BaN2O. The third kappa shape index (κ3) is 5.42. The zero-order valence-electron chi connectivity index (χ0n) is 31.8. The van der Waals surface area contributed by atoms with Gasteiger partial charge in [0, 0.05) is 28.9 Å². The predicted molar refractivity (Wildman–Crippen MR) is 179 cm³/mol. The number of aliphatic imine (C=N–C) groups is 2. The molecule has 1 saturated heterocycles. The summed E-state index contributed by atoms with van der Waals surface area (Å²) in [6.45, 7) is 43.1. The summed E-state index contributed by atoms with van der Waals surface area (Å²) in [6.07, 6.45) is 6.86. The van der Waals surface area contributed by atoms with Crippen molar-refractivity contribution in [2.24, 2.45) is 42.5 Å². The average molecular weight is 678 g/mol. The Morgan fingerprint density at radius 2 is 0.900 bits per heavy atom. The van der Waals surface area contributed by atoms with Crippen LogP contribution in [0.2, 0.25) is 0 Å². The molecule has 1 fully saturated rings. The molecule has 0 spiro atoms. The molecule has 3 rings (SSSR count). The average Bonchev–Trinajstić information content (AvgIpc) is 3.40. The van der Waals surface area contributed by atoms with Crippen molar-refractivity contribution in [3.63, 3.8) is 0 Å². The molecule has 40 heavy (non-hydrogen) atoms. The Hall–Kier alpha value is 0.351. The maximum atomic E-state index is 7.45. The molecule has 2 atom stereocenters. The third-order valence-corrected chi connectivity index (χ3v) is 9.43. The second-order valence-electron chi connectivity index (χ2n) is 18.8. The van der Waals surface area contributed by atoms with Crippen molar-refractivity contribution in [3.8, 4) is 0 Å². The van der Waals surface area contributed by atoms with E-state index in [0.717, 1.165) is 19.4 Å². The maximum absolute atomic E-state index is 7.45. The SMILES string of the molecule is CC(C)(C)C1=CC(C(C)(C)C)=NC1(C(C)(C)C)C1(C2(C(C)(C)C)N=C(C(C)(C)C)C=C2C(C)(C)C)CCCO1.[Ba+2].[H-].[H-]. The summed E-state index contributed by atoms with van der Waals surface area (Å²) in [4.78, 5) is 11.9. The summed E-state index contributed by atoms with van der Waals surface area (Å²) in [7, 11) is 0. The zero-order chi connectivity index (χ0) is 30.5. The Morgan fingerprint density at radius 1 is 0.575 bits per heavy atom. The van der Waals surface area contributed by atoms with Crippen LogP contribution in [0.25, 0.3) is 0 Å². The van der Waals surface area contributed by atoms with Gasteiger partial charge in [-0.3, -0.25) is 9.98 Å². The molecule has 3 aliphatic rings. The molecule has 3 heterocycles. The van der Waals surface area contributed by atoms with Gasteiger partial charge in [-0.1, -0.05) is 125 Å². The Labute approximate surface area is 292 Å². The van der Waals surface area contributed by atoms with Gasteiger partial charge >= 0.3 is 48.9 Å². The van der Waals surface area contributed by atoms with Crippen LogP contribution in [0.15, 0.2) is 33.3 Å². The fraction of sp³-hybridized carbons (Fsp3) is 0.833. The predicted octanol–water partition coefficient (Wildman–Crippen LogP) is 9.90. The van der Waals surface area contributed by atoms with Crippen LogP contribution in [0.4, 0.5) is 0 Å². The first-order valence-corrected chi connectivity index (χ1v) is 15.4. The maximum Gasteiger partial charge on any atom is 2.00 e. The number of nitrogens with zero attached hydrogens (tertiary/aromatic N) is 2. The molecule has 0 N–H and O–H groups in total. The Kier molecular flexibility index (Phi) is 9.56. The van der Waals surface area contributed by atoms with E-state index in [0.29, 0.717) is 0 Å². The first kappa shape index (κ1) is 36.5. The molecule has 0 aliphatic carbocycles. The van der Waals surface area contributed by atoms with Crippen LogP contribution in [-0.4, -0.2) is 83.6 Å². The van der Waals surface area contributed by atoms with Crippen LogP contribution in [0.1, 0.15) is 140 Å². The first-order chi connectivity index (χ1) is 17.1. The number of ether oxygens (including phenoxy) is 1. The van der Waals surface area contributed by atoms with E-state index >= 15 is 0 Å². The monoisotopic (exact) mass is 678 g/mol. The third-order valence-electron chi connectivity index (χ3n) is 9.43. The molecule has 0 aromatic carbocycles. The molecule has 0 amide bonds. The van der Waals surface area contributed by atoms with Crippen molar-refractivity contribution in [1.29, 1.82) is 0 Å². The van der Waals surface area contributed by atoms with Crippen molar-refractivity contribution in [2.45, 2.75) is 154 Å². The molecule has 0 aromatic rings. The van der Waals surface area contributed by atoms with E-state index < -0.39 is 16.7 Å². The van der Waals surface area contributed by atoms with E-state index in [1.54, 1.807) is 0 Å². The number of hydrogen-bond acceptors (Lipinski definition) is 3. The molecule has 3 aliphatic heterocycles. The fourth-order valence-electron chi connectivity index (χ4n) is 7.76. The molecule has 226 valence electrons. The fourth-order valence-corrected chi connectivity index (χ4v) is 7.76. The summed E-state index contributed by atoms with van der Waals surface area (Å²) in [5.74, 6) is 0. The van der Waals surface area contributed by atoms with E-state index in [4.69, 9.17) is 14.7 Å². The smallest absolute Gasteiger partial charge is 1.00 e. The van der Waals surface area contributed by atoms with Gasteiger partial charge in [-0.2, -0.15) is 0 Å². The van der Waals surface area contributed by atoms with Gasteiger partial charge in [0.15, 0.2) is 0 Å². The molecule has 0 aromatic heterocycles. The summed E-state index contributed by atoms with van der Waals surface area (Å²) >= 11 is 0. The van der Waals surface area contributed by atoms with E-state index in [9.17, 15) is 0 Å². The Morgan fingerprint density at radius 3 is 1.10 bits per heavy atom. The topological polar surface area (TPSA) is 34.0 Å². The van der Waals surface area contributed by atoms with Crippen molar-refractivity contribution < 1.29 is 7.59 Å². The van der Waals surface area contributed by atoms with Crippen LogP contribution in [0.3, 0.4) is 0 Å². The summed E-state index contributed by atoms with van der Waals surface area (Å²) in [5, 5.41) is 0. The van der Waals surface area contributed by atoms with Gasteiger partial charge in [0.05, 0.1) is 0 Å². The minimum absolute atomic E-state index is 0. The van der Waals surface area contributed by atoms with E-state index in [1.165, 1.54) is 22.6 Å². The van der Waals surface area contributed by atoms with Crippen LogP contribution >= 0.6 is 0 Å². The van der Waals surface area contributed by atoms with E-state index in [1.807, 2.05) is 0 Å². The minimum atomic E-state index is -0.644. The van der Waals surface area contributed by atoms with Gasteiger partial charge < -0.3 is 7.59 Å². The van der Waals surface area contributed by atoms with E-state index in [2.05, 4.69) is 137 Å². The number of allylic oxidation sites excluding steroid dienone is 2. The molecule has 0 bridgehead atoms. The van der Waals surface area contributed by atoms with Crippen molar-refractivity contribution in [2.75, 3.05) is 6.61 Å². The van der Waals surface area contributed by atoms with Gasteiger partial charge in [0.1, 0.15) is 16.7 Å². The summed E-state index contributed by atoms with van der Waals surface area (Å²) < 4.78 is 7.45. The molecule has 2 unspecified atom stereocenters. The molecular weight excluding hydrogens is 614 g/mol. The second kappa shape index (κ2) is 10.5. The number of rotatable bonds is 2. The van der Waals surface area contributed by atoms with Crippen molar-refractivity contribution in [1.82, 2.24) is 0 Å². The number of hydrogen-bond donors (Lipinski definition) is 0. The van der Waals surface area contributed by atoms with Crippen LogP contribution < -0.4 is 0 Å². The van der Waals surface area contributed by atoms with Crippen molar-refractivity contribution in [3.05, 3.63) is 23.3 Å². The standard InChI is InChI=1S/C36H62N2O.Ba.2H/c1-28(2,3)24-22-26(30(7,8)9)37-35(24,32(13,14)15)34(20-19-21-39-34)36(33(16,17)18)25(29(4,5)6)23-27(38-36)31(10,11)12;;;/h22-23H,19-21H2,1-18H3;;;/q;+2;2*-1. The van der Waals surface area contributed by atoms with Crippen LogP contribution in [0.5, 0.6) is 0 Å². The van der Waals surface area contributed by atoms with Gasteiger partial charge in [-0.05, 0) is 57.8 Å². The Bertz CT molecular complexity index is 1030. The van der Waals surface area contributed by atoms with Gasteiger partial charge in [0.2, 0.25) is 0 Å². The Balaban J connectivity index is 0.00000560. The van der Waals surface area contributed by atoms with Gasteiger partial charge in [0.25, 0.3) is 0 Å². The molecule has 0 saturated carbocycles. The van der Waals surface area contributed by atoms with Crippen LogP contribution in [-0.2, 0) is 4.74 Å². The van der Waals surface area contributed by atoms with Crippen molar-refractivity contribution >= 4 is 60.3 Å². The van der Waals surface area contributed by atoms with E-state index in [-0.39, 0.29) is 84.2 Å². The minimum Gasteiger partial charge on any atom is -1.00 e. The summed E-state index contributed by atoms with van der Waals surface area (Å²) in [6, 6.07) is 0. The molecule has 3 nitrogen and oxygen atoms in total. The largest absolute Gasteiger partial charge is 2.00 e. The molecule has 0 radical (unpaired) electrons.